The van der Waals surface area contributed by atoms with Gasteiger partial charge in [-0.2, -0.15) is 0 Å². The number of benzene rings is 3. The SMILES string of the molecule is NS(=O)(=O)c1ccc(NC(CC(=O)c2ccc(Cl)c(Cl)c2)c2ccc(Cl)cc2)cc1. The second kappa shape index (κ2) is 9.37. The number of carbonyl (C=O) groups is 1. The quantitative estimate of drug-likeness (QED) is 0.421. The Morgan fingerprint density at radius 3 is 2.10 bits per heavy atom. The second-order valence-corrected chi connectivity index (χ2v) is 9.39. The van der Waals surface area contributed by atoms with E-state index in [0.717, 1.165) is 5.56 Å². The maximum atomic E-state index is 12.9. The first kappa shape index (κ1) is 22.6. The summed E-state index contributed by atoms with van der Waals surface area (Å²) in [6, 6.07) is 17.4. The van der Waals surface area contributed by atoms with E-state index < -0.39 is 16.1 Å². The normalized spacial score (nSPS) is 12.4. The van der Waals surface area contributed by atoms with Crippen molar-refractivity contribution in [3.8, 4) is 0 Å². The number of sulfonamides is 1. The van der Waals surface area contributed by atoms with Crippen molar-refractivity contribution in [2.45, 2.75) is 17.4 Å². The van der Waals surface area contributed by atoms with E-state index in [9.17, 15) is 13.2 Å². The summed E-state index contributed by atoms with van der Waals surface area (Å²) in [5.41, 5.74) is 1.90. The lowest BCUT2D eigenvalue weighted by atomic mass is 9.97. The molecule has 1 unspecified atom stereocenters. The monoisotopic (exact) mass is 482 g/mol. The van der Waals surface area contributed by atoms with E-state index in [0.29, 0.717) is 26.3 Å². The molecule has 0 fully saturated rings. The fraction of sp³-hybridized carbons (Fsp3) is 0.0952. The van der Waals surface area contributed by atoms with Crippen molar-refractivity contribution in [1.29, 1.82) is 0 Å². The van der Waals surface area contributed by atoms with E-state index in [4.69, 9.17) is 39.9 Å². The van der Waals surface area contributed by atoms with Gasteiger partial charge in [0.25, 0.3) is 0 Å². The van der Waals surface area contributed by atoms with Crippen LogP contribution in [0.2, 0.25) is 15.1 Å². The van der Waals surface area contributed by atoms with Gasteiger partial charge in [0.2, 0.25) is 10.0 Å². The zero-order chi connectivity index (χ0) is 21.9. The molecule has 0 saturated carbocycles. The molecule has 0 aliphatic rings. The molecular formula is C21H17Cl3N2O3S. The largest absolute Gasteiger partial charge is 0.378 e. The van der Waals surface area contributed by atoms with Gasteiger partial charge in [-0.1, -0.05) is 46.9 Å². The molecule has 0 aromatic heterocycles. The molecule has 156 valence electrons. The van der Waals surface area contributed by atoms with Crippen molar-refractivity contribution in [3.05, 3.63) is 92.9 Å². The van der Waals surface area contributed by atoms with Crippen molar-refractivity contribution in [2.75, 3.05) is 5.32 Å². The molecule has 3 rings (SSSR count). The highest BCUT2D eigenvalue weighted by atomic mass is 35.5. The molecule has 0 heterocycles. The molecule has 3 N–H and O–H groups in total. The van der Waals surface area contributed by atoms with Crippen LogP contribution in [0.1, 0.15) is 28.4 Å². The van der Waals surface area contributed by atoms with Gasteiger partial charge in [-0.15, -0.1) is 0 Å². The van der Waals surface area contributed by atoms with Crippen molar-refractivity contribution < 1.29 is 13.2 Å². The molecule has 0 aliphatic heterocycles. The maximum absolute atomic E-state index is 12.9. The molecule has 0 spiro atoms. The number of primary sulfonamides is 1. The molecule has 0 amide bonds. The number of hydrogen-bond donors (Lipinski definition) is 2. The summed E-state index contributed by atoms with van der Waals surface area (Å²) < 4.78 is 22.9. The Balaban J connectivity index is 1.87. The van der Waals surface area contributed by atoms with Crippen LogP contribution in [-0.4, -0.2) is 14.2 Å². The van der Waals surface area contributed by atoms with Crippen LogP contribution in [-0.2, 0) is 10.0 Å². The first-order valence-corrected chi connectivity index (χ1v) is 11.4. The lowest BCUT2D eigenvalue weighted by Gasteiger charge is -2.20. The van der Waals surface area contributed by atoms with Crippen LogP contribution in [0.4, 0.5) is 5.69 Å². The van der Waals surface area contributed by atoms with Crippen LogP contribution in [0.3, 0.4) is 0 Å². The molecule has 0 saturated heterocycles. The summed E-state index contributed by atoms with van der Waals surface area (Å²) in [4.78, 5) is 12.9. The minimum absolute atomic E-state index is 0.00276. The van der Waals surface area contributed by atoms with Crippen molar-refractivity contribution in [1.82, 2.24) is 0 Å². The average Bonchev–Trinajstić information content (AvgIpc) is 2.70. The number of anilines is 1. The minimum Gasteiger partial charge on any atom is -0.378 e. The molecular weight excluding hydrogens is 467 g/mol. The van der Waals surface area contributed by atoms with Gasteiger partial charge in [0.15, 0.2) is 5.78 Å². The molecule has 9 heteroatoms. The molecule has 30 heavy (non-hydrogen) atoms. The third-order valence-corrected chi connectivity index (χ3v) is 6.35. The number of ketones is 1. The number of nitrogens with two attached hydrogens (primary N) is 1. The Morgan fingerprint density at radius 1 is 0.900 bits per heavy atom. The van der Waals surface area contributed by atoms with Crippen LogP contribution < -0.4 is 10.5 Å². The van der Waals surface area contributed by atoms with Gasteiger partial charge in [0, 0.05) is 22.7 Å². The van der Waals surface area contributed by atoms with E-state index in [1.807, 2.05) is 12.1 Å². The van der Waals surface area contributed by atoms with Gasteiger partial charge in [-0.25, -0.2) is 13.6 Å². The predicted molar refractivity (Wildman–Crippen MR) is 121 cm³/mol. The molecule has 0 aliphatic carbocycles. The first-order valence-electron chi connectivity index (χ1n) is 8.76. The lowest BCUT2D eigenvalue weighted by molar-refractivity contribution is 0.0976. The second-order valence-electron chi connectivity index (χ2n) is 6.57. The summed E-state index contributed by atoms with van der Waals surface area (Å²) in [6.45, 7) is 0. The fourth-order valence-electron chi connectivity index (χ4n) is 2.86. The van der Waals surface area contributed by atoms with Gasteiger partial charge >= 0.3 is 0 Å². The van der Waals surface area contributed by atoms with Crippen LogP contribution >= 0.6 is 34.8 Å². The highest BCUT2D eigenvalue weighted by molar-refractivity contribution is 7.89. The Morgan fingerprint density at radius 2 is 1.53 bits per heavy atom. The lowest BCUT2D eigenvalue weighted by Crippen LogP contribution is -2.16. The standard InChI is InChI=1S/C21H17Cl3N2O3S/c22-15-4-1-13(2-5-15)20(12-21(27)14-3-10-18(23)19(24)11-14)26-16-6-8-17(9-7-16)30(25,28)29/h1-11,20,26H,12H2,(H2,25,28,29). The van der Waals surface area contributed by atoms with Crippen LogP contribution in [0.15, 0.2) is 71.6 Å². The first-order chi connectivity index (χ1) is 14.1. The Hall–Kier alpha value is -2.09. The predicted octanol–water partition coefficient (Wildman–Crippen LogP) is 5.72. The number of halogens is 3. The third-order valence-electron chi connectivity index (χ3n) is 4.43. The number of Topliss-reactive ketones (excluding diaryl/α,β-unsaturated/α-hetero) is 1. The number of carbonyl (C=O) groups excluding carboxylic acids is 1. The Labute approximate surface area is 189 Å². The molecule has 0 radical (unpaired) electrons. The molecule has 3 aromatic rings. The van der Waals surface area contributed by atoms with Crippen molar-refractivity contribution in [2.24, 2.45) is 5.14 Å². The van der Waals surface area contributed by atoms with E-state index in [2.05, 4.69) is 5.32 Å². The molecule has 1 atom stereocenters. The third kappa shape index (κ3) is 5.74. The molecule has 0 bridgehead atoms. The topological polar surface area (TPSA) is 89.3 Å². The zero-order valence-corrected chi connectivity index (χ0v) is 18.6. The molecule has 3 aromatic carbocycles. The Bertz CT molecular complexity index is 1170. The van der Waals surface area contributed by atoms with Gasteiger partial charge in [0.05, 0.1) is 21.0 Å². The van der Waals surface area contributed by atoms with Gasteiger partial charge < -0.3 is 5.32 Å². The van der Waals surface area contributed by atoms with E-state index in [1.165, 1.54) is 18.2 Å². The number of rotatable bonds is 7. The number of nitrogens with one attached hydrogen (secondary N) is 1. The highest BCUT2D eigenvalue weighted by Crippen LogP contribution is 2.28. The summed E-state index contributed by atoms with van der Waals surface area (Å²) in [7, 11) is -3.79. The minimum atomic E-state index is -3.79. The summed E-state index contributed by atoms with van der Waals surface area (Å²) in [6.07, 6.45) is 0.122. The average molecular weight is 484 g/mol. The van der Waals surface area contributed by atoms with Gasteiger partial charge in [0.1, 0.15) is 0 Å². The van der Waals surface area contributed by atoms with Crippen LogP contribution in [0.5, 0.6) is 0 Å². The summed E-state index contributed by atoms with van der Waals surface area (Å²) >= 11 is 18.0. The van der Waals surface area contributed by atoms with Crippen molar-refractivity contribution >= 4 is 56.3 Å². The van der Waals surface area contributed by atoms with Crippen molar-refractivity contribution in [3.63, 3.8) is 0 Å². The van der Waals surface area contributed by atoms with Gasteiger partial charge in [-0.05, 0) is 60.2 Å². The van der Waals surface area contributed by atoms with E-state index >= 15 is 0 Å². The van der Waals surface area contributed by atoms with E-state index in [-0.39, 0.29) is 17.1 Å². The van der Waals surface area contributed by atoms with E-state index in [1.54, 1.807) is 36.4 Å². The smallest absolute Gasteiger partial charge is 0.238 e. The van der Waals surface area contributed by atoms with Gasteiger partial charge in [-0.3, -0.25) is 4.79 Å². The van der Waals surface area contributed by atoms with Crippen LogP contribution in [0.25, 0.3) is 0 Å². The zero-order valence-electron chi connectivity index (χ0n) is 15.5. The Kier molecular flexibility index (Phi) is 7.06. The number of hydrogen-bond acceptors (Lipinski definition) is 4. The summed E-state index contributed by atoms with van der Waals surface area (Å²) in [5.74, 6) is -0.137. The highest BCUT2D eigenvalue weighted by Gasteiger charge is 2.19. The van der Waals surface area contributed by atoms with Crippen LogP contribution in [0, 0.1) is 0 Å². The maximum Gasteiger partial charge on any atom is 0.238 e. The molecule has 5 nitrogen and oxygen atoms in total. The summed E-state index contributed by atoms with van der Waals surface area (Å²) in [5, 5.41) is 9.65. The fourth-order valence-corrected chi connectivity index (χ4v) is 3.80.